The van der Waals surface area contributed by atoms with Gasteiger partial charge < -0.3 is 10.1 Å². The molecule has 0 atom stereocenters. The molecule has 1 aliphatic heterocycles. The molecule has 92 valence electrons. The Hall–Kier alpha value is -2.03. The Bertz CT molecular complexity index is 568. The van der Waals surface area contributed by atoms with Gasteiger partial charge in [0.05, 0.1) is 0 Å². The molecule has 2 aromatic carbocycles. The first-order chi connectivity index (χ1) is 8.84. The monoisotopic (exact) mass is 243 g/mol. The smallest absolute Gasteiger partial charge is 0.165 e. The third kappa shape index (κ3) is 2.04. The predicted molar refractivity (Wildman–Crippen MR) is 69.4 cm³/mol. The maximum atomic E-state index is 13.4. The Morgan fingerprint density at radius 3 is 2.89 bits per heavy atom. The third-order valence-electron chi connectivity index (χ3n) is 3.18. The maximum Gasteiger partial charge on any atom is 0.165 e. The van der Waals surface area contributed by atoms with Crippen molar-refractivity contribution < 1.29 is 9.13 Å². The molecule has 3 rings (SSSR count). The molecule has 0 saturated carbocycles. The molecule has 0 bridgehead atoms. The van der Waals surface area contributed by atoms with Gasteiger partial charge in [-0.05, 0) is 35.7 Å². The van der Waals surface area contributed by atoms with Crippen LogP contribution in [0.3, 0.4) is 0 Å². The minimum Gasteiger partial charge on any atom is -0.486 e. The fraction of sp³-hybridized carbons (Fsp3) is 0.200. The van der Waals surface area contributed by atoms with Gasteiger partial charge in [-0.2, -0.15) is 0 Å². The molecule has 0 aliphatic carbocycles. The van der Waals surface area contributed by atoms with E-state index in [-0.39, 0.29) is 5.82 Å². The predicted octanol–water partition coefficient (Wildman–Crippen LogP) is 3.37. The summed E-state index contributed by atoms with van der Waals surface area (Å²) in [5, 5.41) is 3.32. The van der Waals surface area contributed by atoms with Crippen LogP contribution in [0.15, 0.2) is 42.5 Å². The van der Waals surface area contributed by atoms with Crippen molar-refractivity contribution in [3.8, 4) is 5.75 Å². The molecule has 0 amide bonds. The minimum absolute atomic E-state index is 0.307. The number of hydrogen-bond donors (Lipinski definition) is 1. The van der Waals surface area contributed by atoms with Gasteiger partial charge in [0.2, 0.25) is 0 Å². The van der Waals surface area contributed by atoms with Crippen molar-refractivity contribution >= 4 is 5.69 Å². The van der Waals surface area contributed by atoms with E-state index in [0.29, 0.717) is 12.4 Å². The van der Waals surface area contributed by atoms with Gasteiger partial charge >= 0.3 is 0 Å². The van der Waals surface area contributed by atoms with Gasteiger partial charge in [0.1, 0.15) is 6.61 Å². The molecule has 2 aromatic rings. The summed E-state index contributed by atoms with van der Waals surface area (Å²) >= 11 is 0. The van der Waals surface area contributed by atoms with Crippen molar-refractivity contribution in [1.82, 2.24) is 0 Å². The number of hydrogen-bond acceptors (Lipinski definition) is 2. The first-order valence-electron chi connectivity index (χ1n) is 6.06. The van der Waals surface area contributed by atoms with Crippen molar-refractivity contribution in [2.75, 3.05) is 11.9 Å². The SMILES string of the molecule is Fc1ccccc1OCc1cccc2c1CCN2. The largest absolute Gasteiger partial charge is 0.486 e. The van der Waals surface area contributed by atoms with Gasteiger partial charge in [0, 0.05) is 12.2 Å². The number of anilines is 1. The van der Waals surface area contributed by atoms with Crippen LogP contribution in [0.25, 0.3) is 0 Å². The summed E-state index contributed by atoms with van der Waals surface area (Å²) in [6.07, 6.45) is 1.01. The normalized spacial score (nSPS) is 12.9. The third-order valence-corrected chi connectivity index (χ3v) is 3.18. The topological polar surface area (TPSA) is 21.3 Å². The van der Waals surface area contributed by atoms with Gasteiger partial charge in [0.15, 0.2) is 11.6 Å². The quantitative estimate of drug-likeness (QED) is 0.892. The van der Waals surface area contributed by atoms with Crippen LogP contribution in [0.4, 0.5) is 10.1 Å². The van der Waals surface area contributed by atoms with E-state index in [0.717, 1.165) is 18.5 Å². The molecule has 18 heavy (non-hydrogen) atoms. The molecule has 0 aromatic heterocycles. The molecule has 1 heterocycles. The molecular weight excluding hydrogens is 229 g/mol. The van der Waals surface area contributed by atoms with E-state index in [1.54, 1.807) is 18.2 Å². The lowest BCUT2D eigenvalue weighted by atomic mass is 10.1. The summed E-state index contributed by atoms with van der Waals surface area (Å²) in [7, 11) is 0. The minimum atomic E-state index is -0.316. The highest BCUT2D eigenvalue weighted by atomic mass is 19.1. The Balaban J connectivity index is 1.78. The lowest BCUT2D eigenvalue weighted by Crippen LogP contribution is -2.00. The number of benzene rings is 2. The first-order valence-corrected chi connectivity index (χ1v) is 6.06. The zero-order chi connectivity index (χ0) is 12.4. The summed E-state index contributed by atoms with van der Waals surface area (Å²) in [5.41, 5.74) is 3.58. The highest BCUT2D eigenvalue weighted by Crippen LogP contribution is 2.26. The van der Waals surface area contributed by atoms with Gasteiger partial charge in [0.25, 0.3) is 0 Å². The van der Waals surface area contributed by atoms with Crippen LogP contribution in [0.2, 0.25) is 0 Å². The van der Waals surface area contributed by atoms with Crippen LogP contribution >= 0.6 is 0 Å². The standard InChI is InChI=1S/C15H14FNO/c16-13-5-1-2-7-15(13)18-10-11-4-3-6-14-12(11)8-9-17-14/h1-7,17H,8-10H2. The van der Waals surface area contributed by atoms with Crippen molar-refractivity contribution in [3.63, 3.8) is 0 Å². The van der Waals surface area contributed by atoms with E-state index in [1.807, 2.05) is 12.1 Å². The molecule has 1 N–H and O–H groups in total. The average molecular weight is 243 g/mol. The van der Waals surface area contributed by atoms with Gasteiger partial charge in [-0.25, -0.2) is 4.39 Å². The molecule has 0 unspecified atom stereocenters. The van der Waals surface area contributed by atoms with Crippen LogP contribution in [-0.2, 0) is 13.0 Å². The highest BCUT2D eigenvalue weighted by Gasteiger charge is 2.14. The summed E-state index contributed by atoms with van der Waals surface area (Å²) in [6.45, 7) is 1.37. The van der Waals surface area contributed by atoms with Crippen molar-refractivity contribution in [2.24, 2.45) is 0 Å². The summed E-state index contributed by atoms with van der Waals surface area (Å²) in [6, 6.07) is 12.6. The Labute approximate surface area is 105 Å². The molecule has 3 heteroatoms. The molecular formula is C15H14FNO. The van der Waals surface area contributed by atoms with Crippen LogP contribution in [0, 0.1) is 5.82 Å². The molecule has 0 fully saturated rings. The Morgan fingerprint density at radius 1 is 1.11 bits per heavy atom. The summed E-state index contributed by atoms with van der Waals surface area (Å²) in [5.74, 6) is -0.00994. The zero-order valence-corrected chi connectivity index (χ0v) is 9.95. The van der Waals surface area contributed by atoms with E-state index >= 15 is 0 Å². The van der Waals surface area contributed by atoms with Gasteiger partial charge in [-0.15, -0.1) is 0 Å². The molecule has 1 aliphatic rings. The highest BCUT2D eigenvalue weighted by molar-refractivity contribution is 5.58. The van der Waals surface area contributed by atoms with Crippen LogP contribution in [0.1, 0.15) is 11.1 Å². The van der Waals surface area contributed by atoms with E-state index < -0.39 is 0 Å². The fourth-order valence-corrected chi connectivity index (χ4v) is 2.27. The lowest BCUT2D eigenvalue weighted by Gasteiger charge is -2.10. The van der Waals surface area contributed by atoms with E-state index in [1.165, 1.54) is 17.3 Å². The maximum absolute atomic E-state index is 13.4. The molecule has 2 nitrogen and oxygen atoms in total. The molecule has 0 spiro atoms. The van der Waals surface area contributed by atoms with Gasteiger partial charge in [-0.3, -0.25) is 0 Å². The van der Waals surface area contributed by atoms with Crippen LogP contribution in [-0.4, -0.2) is 6.54 Å². The van der Waals surface area contributed by atoms with E-state index in [2.05, 4.69) is 11.4 Å². The Morgan fingerprint density at radius 2 is 2.00 bits per heavy atom. The lowest BCUT2D eigenvalue weighted by molar-refractivity contribution is 0.289. The number of halogens is 1. The van der Waals surface area contributed by atoms with Gasteiger partial charge in [-0.1, -0.05) is 24.3 Å². The van der Waals surface area contributed by atoms with Crippen LogP contribution in [0.5, 0.6) is 5.75 Å². The Kier molecular flexibility index (Phi) is 2.89. The second-order valence-corrected chi connectivity index (χ2v) is 4.34. The number of para-hydroxylation sites is 1. The van der Waals surface area contributed by atoms with Crippen molar-refractivity contribution in [1.29, 1.82) is 0 Å². The average Bonchev–Trinajstić information content (AvgIpc) is 2.86. The number of nitrogens with one attached hydrogen (secondary N) is 1. The van der Waals surface area contributed by atoms with Crippen molar-refractivity contribution in [3.05, 3.63) is 59.4 Å². The fourth-order valence-electron chi connectivity index (χ4n) is 2.27. The summed E-state index contributed by atoms with van der Waals surface area (Å²) in [4.78, 5) is 0. The zero-order valence-electron chi connectivity index (χ0n) is 9.95. The van der Waals surface area contributed by atoms with Crippen molar-refractivity contribution in [2.45, 2.75) is 13.0 Å². The first kappa shape index (κ1) is 11.1. The second-order valence-electron chi connectivity index (χ2n) is 4.34. The van der Waals surface area contributed by atoms with Crippen LogP contribution < -0.4 is 10.1 Å². The number of rotatable bonds is 3. The molecule has 0 saturated heterocycles. The second kappa shape index (κ2) is 4.69. The number of ether oxygens (including phenoxy) is 1. The van der Waals surface area contributed by atoms with E-state index in [4.69, 9.17) is 4.74 Å². The molecule has 0 radical (unpaired) electrons. The van der Waals surface area contributed by atoms with E-state index in [9.17, 15) is 4.39 Å². The number of fused-ring (bicyclic) bond motifs is 1. The summed E-state index contributed by atoms with van der Waals surface area (Å²) < 4.78 is 19.0.